The first-order chi connectivity index (χ1) is 12.6. The highest BCUT2D eigenvalue weighted by atomic mass is 15.3. The van der Waals surface area contributed by atoms with Crippen LogP contribution in [0.2, 0.25) is 0 Å². The van der Waals surface area contributed by atoms with Crippen LogP contribution in [0, 0.1) is 11.8 Å². The first-order valence-electron chi connectivity index (χ1n) is 9.98. The molecule has 0 unspecified atom stereocenters. The van der Waals surface area contributed by atoms with Crippen LogP contribution in [-0.4, -0.2) is 25.8 Å². The van der Waals surface area contributed by atoms with E-state index in [2.05, 4.69) is 10.1 Å². The molecule has 140 valence electrons. The van der Waals surface area contributed by atoms with Gasteiger partial charge in [0.25, 0.3) is 0 Å². The fourth-order valence-electron chi connectivity index (χ4n) is 4.09. The second kappa shape index (κ2) is 7.35. The zero-order chi connectivity index (χ0) is 18.1. The van der Waals surface area contributed by atoms with Gasteiger partial charge in [0.15, 0.2) is 0 Å². The topological polar surface area (TPSA) is 95.6 Å². The van der Waals surface area contributed by atoms with Gasteiger partial charge in [0.2, 0.25) is 0 Å². The van der Waals surface area contributed by atoms with Gasteiger partial charge in [-0.25, -0.2) is 9.97 Å². The van der Waals surface area contributed by atoms with Gasteiger partial charge in [0.1, 0.15) is 11.6 Å². The molecule has 0 radical (unpaired) electrons. The molecular formula is C20H30N6. The smallest absolute Gasteiger partial charge is 0.131 e. The van der Waals surface area contributed by atoms with Crippen molar-refractivity contribution < 1.29 is 0 Å². The van der Waals surface area contributed by atoms with Crippen molar-refractivity contribution in [3.8, 4) is 11.3 Å². The molecule has 4 N–H and O–H groups in total. The predicted octanol–water partition coefficient (Wildman–Crippen LogP) is 2.86. The summed E-state index contributed by atoms with van der Waals surface area (Å²) in [7, 11) is 2.01. The van der Waals surface area contributed by atoms with Crippen LogP contribution in [-0.2, 0) is 19.9 Å². The molecule has 0 spiro atoms. The molecule has 0 bridgehead atoms. The van der Waals surface area contributed by atoms with Gasteiger partial charge in [-0.2, -0.15) is 5.10 Å². The second-order valence-corrected chi connectivity index (χ2v) is 8.19. The van der Waals surface area contributed by atoms with E-state index < -0.39 is 0 Å². The largest absolute Gasteiger partial charge is 0.384 e. The normalized spacial score (nSPS) is 23.3. The van der Waals surface area contributed by atoms with Gasteiger partial charge in [-0.1, -0.05) is 0 Å². The van der Waals surface area contributed by atoms with Crippen molar-refractivity contribution in [2.24, 2.45) is 24.6 Å². The molecule has 2 fully saturated rings. The van der Waals surface area contributed by atoms with Crippen LogP contribution in [0.4, 0.5) is 5.82 Å². The maximum absolute atomic E-state index is 6.10. The van der Waals surface area contributed by atoms with E-state index in [1.54, 1.807) is 0 Å². The Kier molecular flexibility index (Phi) is 4.94. The van der Waals surface area contributed by atoms with Gasteiger partial charge >= 0.3 is 0 Å². The van der Waals surface area contributed by atoms with Crippen molar-refractivity contribution in [3.63, 3.8) is 0 Å². The minimum absolute atomic E-state index is 0.400. The molecule has 2 aliphatic carbocycles. The van der Waals surface area contributed by atoms with Crippen LogP contribution < -0.4 is 11.5 Å². The second-order valence-electron chi connectivity index (χ2n) is 8.19. The van der Waals surface area contributed by atoms with Crippen molar-refractivity contribution in [1.29, 1.82) is 0 Å². The van der Waals surface area contributed by atoms with E-state index in [9.17, 15) is 0 Å². The Hall–Kier alpha value is -1.95. The molecule has 4 rings (SSSR count). The van der Waals surface area contributed by atoms with Crippen molar-refractivity contribution in [1.82, 2.24) is 19.7 Å². The number of aryl methyl sites for hydroxylation is 2. The van der Waals surface area contributed by atoms with E-state index in [4.69, 9.17) is 16.5 Å². The highest BCUT2D eigenvalue weighted by Gasteiger charge is 2.25. The summed E-state index contributed by atoms with van der Waals surface area (Å²) in [4.78, 5) is 9.32. The first-order valence-corrected chi connectivity index (χ1v) is 9.98. The lowest BCUT2D eigenvalue weighted by molar-refractivity contribution is 0.309. The summed E-state index contributed by atoms with van der Waals surface area (Å²) in [5.41, 5.74) is 15.4. The first kappa shape index (κ1) is 17.5. The number of hydrogen-bond acceptors (Lipinski definition) is 5. The third-order valence-corrected chi connectivity index (χ3v) is 5.98. The van der Waals surface area contributed by atoms with Crippen LogP contribution in [0.3, 0.4) is 0 Å². The number of anilines is 1. The molecule has 2 aliphatic rings. The Bertz CT molecular complexity index is 756. The average Bonchev–Trinajstić information content (AvgIpc) is 3.37. The number of rotatable bonds is 6. The van der Waals surface area contributed by atoms with E-state index in [1.165, 1.54) is 31.4 Å². The summed E-state index contributed by atoms with van der Waals surface area (Å²) in [6.45, 7) is 0. The molecule has 0 saturated heterocycles. The lowest BCUT2D eigenvalue weighted by Crippen LogP contribution is -2.26. The summed E-state index contributed by atoms with van der Waals surface area (Å²) in [6, 6.07) is 2.29. The Labute approximate surface area is 155 Å². The van der Waals surface area contributed by atoms with Crippen molar-refractivity contribution in [3.05, 3.63) is 23.8 Å². The third kappa shape index (κ3) is 4.06. The molecular weight excluding hydrogens is 324 g/mol. The Balaban J connectivity index is 1.49. The maximum atomic E-state index is 6.10. The Morgan fingerprint density at radius 3 is 2.54 bits per heavy atom. The third-order valence-electron chi connectivity index (χ3n) is 5.98. The van der Waals surface area contributed by atoms with Crippen LogP contribution in [0.25, 0.3) is 11.3 Å². The van der Waals surface area contributed by atoms with E-state index >= 15 is 0 Å². The molecule has 2 aromatic heterocycles. The molecule has 2 saturated carbocycles. The summed E-state index contributed by atoms with van der Waals surface area (Å²) in [5, 5.41) is 4.46. The Morgan fingerprint density at radius 2 is 1.81 bits per heavy atom. The van der Waals surface area contributed by atoms with E-state index in [0.29, 0.717) is 11.9 Å². The number of hydrogen-bond donors (Lipinski definition) is 2. The number of nitrogens with two attached hydrogens (primary N) is 2. The van der Waals surface area contributed by atoms with Crippen LogP contribution >= 0.6 is 0 Å². The number of nitrogen functional groups attached to an aromatic ring is 1. The van der Waals surface area contributed by atoms with Crippen molar-refractivity contribution in [2.45, 2.75) is 63.8 Å². The summed E-state index contributed by atoms with van der Waals surface area (Å²) >= 11 is 0. The van der Waals surface area contributed by atoms with Gasteiger partial charge in [0.05, 0.1) is 11.9 Å². The zero-order valence-electron chi connectivity index (χ0n) is 15.7. The van der Waals surface area contributed by atoms with E-state index in [1.807, 2.05) is 24.0 Å². The molecule has 6 heteroatoms. The molecule has 2 aromatic rings. The molecule has 26 heavy (non-hydrogen) atoms. The van der Waals surface area contributed by atoms with E-state index in [0.717, 1.165) is 61.0 Å². The molecule has 6 nitrogen and oxygen atoms in total. The molecule has 0 aromatic carbocycles. The molecule has 0 amide bonds. The van der Waals surface area contributed by atoms with Crippen molar-refractivity contribution in [2.75, 3.05) is 5.73 Å². The van der Waals surface area contributed by atoms with Crippen LogP contribution in [0.5, 0.6) is 0 Å². The summed E-state index contributed by atoms with van der Waals surface area (Å²) in [5.74, 6) is 2.96. The summed E-state index contributed by atoms with van der Waals surface area (Å²) < 4.78 is 1.98. The quantitative estimate of drug-likeness (QED) is 0.831. The minimum Gasteiger partial charge on any atom is -0.384 e. The highest BCUT2D eigenvalue weighted by molar-refractivity contribution is 5.64. The SMILES string of the molecule is Cn1ncc(-c2cc(N)nc(CCC3CCC(N)CC3)n2)c1CC1CC1. The monoisotopic (exact) mass is 354 g/mol. The molecule has 0 aliphatic heterocycles. The van der Waals surface area contributed by atoms with Gasteiger partial charge in [-0.15, -0.1) is 0 Å². The van der Waals surface area contributed by atoms with Crippen molar-refractivity contribution >= 4 is 5.82 Å². The predicted molar refractivity (Wildman–Crippen MR) is 103 cm³/mol. The minimum atomic E-state index is 0.400. The van der Waals surface area contributed by atoms with Crippen LogP contribution in [0.1, 0.15) is 56.5 Å². The zero-order valence-corrected chi connectivity index (χ0v) is 15.7. The van der Waals surface area contributed by atoms with Crippen LogP contribution in [0.15, 0.2) is 12.3 Å². The molecule has 2 heterocycles. The van der Waals surface area contributed by atoms with Gasteiger partial charge in [-0.3, -0.25) is 4.68 Å². The van der Waals surface area contributed by atoms with Gasteiger partial charge in [0, 0.05) is 36.8 Å². The standard InChI is InChI=1S/C20H30N6/c1-26-18(10-14-2-3-14)16(12-23-26)17-11-19(22)25-20(24-17)9-6-13-4-7-15(21)8-5-13/h11-15H,2-10,21H2,1H3,(H2,22,24,25). The average molecular weight is 355 g/mol. The summed E-state index contributed by atoms with van der Waals surface area (Å²) in [6.07, 6.45) is 12.4. The van der Waals surface area contributed by atoms with E-state index in [-0.39, 0.29) is 0 Å². The maximum Gasteiger partial charge on any atom is 0.131 e. The lowest BCUT2D eigenvalue weighted by atomic mass is 9.84. The lowest BCUT2D eigenvalue weighted by Gasteiger charge is -2.25. The van der Waals surface area contributed by atoms with Gasteiger partial charge in [-0.05, 0) is 63.2 Å². The number of aromatic nitrogens is 4. The highest BCUT2D eigenvalue weighted by Crippen LogP contribution is 2.35. The number of nitrogens with zero attached hydrogens (tertiary/aromatic N) is 4. The van der Waals surface area contributed by atoms with Gasteiger partial charge < -0.3 is 11.5 Å². The fourth-order valence-corrected chi connectivity index (χ4v) is 4.09. The fraction of sp³-hybridized carbons (Fsp3) is 0.650. The Morgan fingerprint density at radius 1 is 1.08 bits per heavy atom. The molecule has 0 atom stereocenters.